The number of hydrazone groups is 1. The van der Waals surface area contributed by atoms with E-state index >= 15 is 0 Å². The maximum absolute atomic E-state index is 11.5. The van der Waals surface area contributed by atoms with E-state index in [9.17, 15) is 4.79 Å². The molecule has 1 aromatic rings. The molecule has 0 fully saturated rings. The second-order valence-electron chi connectivity index (χ2n) is 3.93. The number of ether oxygens (including phenoxy) is 1. The highest BCUT2D eigenvalue weighted by Gasteiger charge is 2.09. The van der Waals surface area contributed by atoms with Crippen LogP contribution >= 0.6 is 23.4 Å². The zero-order valence-electron chi connectivity index (χ0n) is 12.6. The highest BCUT2D eigenvalue weighted by molar-refractivity contribution is 8.13. The molecule has 0 aliphatic rings. The molecule has 1 rings (SSSR count). The monoisotopic (exact) mass is 350 g/mol. The third-order valence-corrected chi connectivity index (χ3v) is 3.20. The van der Waals surface area contributed by atoms with Crippen molar-refractivity contribution in [3.8, 4) is 6.07 Å². The number of nitrogens with one attached hydrogen (secondary N) is 1. The van der Waals surface area contributed by atoms with Crippen molar-refractivity contribution >= 4 is 40.7 Å². The van der Waals surface area contributed by atoms with E-state index in [4.69, 9.17) is 21.6 Å². The molecular weight excluding hydrogens is 336 g/mol. The number of hydrogen-bond donors (Lipinski definition) is 1. The van der Waals surface area contributed by atoms with Crippen molar-refractivity contribution in [1.29, 1.82) is 5.26 Å². The molecule has 8 heteroatoms. The van der Waals surface area contributed by atoms with Gasteiger partial charge in [-0.15, -0.1) is 0 Å². The van der Waals surface area contributed by atoms with Crippen molar-refractivity contribution < 1.29 is 9.53 Å². The largest absolute Gasteiger partial charge is 0.462 e. The van der Waals surface area contributed by atoms with Gasteiger partial charge in [-0.05, 0) is 30.9 Å². The summed E-state index contributed by atoms with van der Waals surface area (Å²) in [7, 11) is 0. The van der Waals surface area contributed by atoms with Gasteiger partial charge in [-0.3, -0.25) is 5.43 Å². The van der Waals surface area contributed by atoms with Crippen LogP contribution in [0.25, 0.3) is 0 Å². The van der Waals surface area contributed by atoms with Gasteiger partial charge in [0.15, 0.2) is 10.7 Å². The summed E-state index contributed by atoms with van der Waals surface area (Å²) in [5.41, 5.74) is 3.41. The SMILES string of the molecule is CCOC(=O)C(C#N)=CN=C(NN=Cc1ccc(Cl)cc1)SC. The molecule has 0 aliphatic heterocycles. The summed E-state index contributed by atoms with van der Waals surface area (Å²) < 4.78 is 4.74. The Labute approximate surface area is 143 Å². The van der Waals surface area contributed by atoms with E-state index in [2.05, 4.69) is 15.5 Å². The van der Waals surface area contributed by atoms with Gasteiger partial charge < -0.3 is 4.74 Å². The fourth-order valence-electron chi connectivity index (χ4n) is 1.30. The van der Waals surface area contributed by atoms with Gasteiger partial charge in [-0.2, -0.15) is 10.4 Å². The normalized spacial score (nSPS) is 12.1. The molecule has 6 nitrogen and oxygen atoms in total. The van der Waals surface area contributed by atoms with Crippen molar-refractivity contribution in [1.82, 2.24) is 5.43 Å². The lowest BCUT2D eigenvalue weighted by Gasteiger charge is -2.01. The molecule has 0 aromatic heterocycles. The zero-order valence-corrected chi connectivity index (χ0v) is 14.2. The molecule has 0 spiro atoms. The van der Waals surface area contributed by atoms with Gasteiger partial charge >= 0.3 is 5.97 Å². The molecule has 1 N–H and O–H groups in total. The number of amidine groups is 1. The standard InChI is InChI=1S/C15H15ClN4O2S/c1-3-22-14(21)12(8-17)10-18-15(23-2)20-19-9-11-4-6-13(16)7-5-11/h4-7,9-10H,3H2,1-2H3,(H,18,20). The summed E-state index contributed by atoms with van der Waals surface area (Å²) in [5.74, 6) is -0.705. The second-order valence-corrected chi connectivity index (χ2v) is 5.17. The predicted octanol–water partition coefficient (Wildman–Crippen LogP) is 2.95. The number of esters is 1. The number of carbonyl (C=O) groups is 1. The van der Waals surface area contributed by atoms with Crippen LogP contribution in [0, 0.1) is 11.3 Å². The molecule has 1 aromatic carbocycles. The zero-order chi connectivity index (χ0) is 17.1. The molecule has 0 heterocycles. The molecule has 120 valence electrons. The van der Waals surface area contributed by atoms with Crippen LogP contribution in [0.1, 0.15) is 12.5 Å². The van der Waals surface area contributed by atoms with Crippen LogP contribution in [0.2, 0.25) is 5.02 Å². The second kappa shape index (κ2) is 10.4. The molecule has 0 aliphatic carbocycles. The minimum Gasteiger partial charge on any atom is -0.462 e. The van der Waals surface area contributed by atoms with Crippen molar-refractivity contribution in [2.24, 2.45) is 10.1 Å². The molecule has 0 radical (unpaired) electrons. The number of hydrogen-bond acceptors (Lipinski definition) is 6. The quantitative estimate of drug-likeness (QED) is 0.220. The first-order chi connectivity index (χ1) is 11.1. The summed E-state index contributed by atoms with van der Waals surface area (Å²) in [4.78, 5) is 15.5. The Balaban J connectivity index is 2.73. The highest BCUT2D eigenvalue weighted by atomic mass is 35.5. The molecule has 0 atom stereocenters. The Kier molecular flexibility index (Phi) is 8.50. The van der Waals surface area contributed by atoms with Gasteiger partial charge in [0.2, 0.25) is 0 Å². The molecule has 0 saturated heterocycles. The Morgan fingerprint density at radius 1 is 1.48 bits per heavy atom. The average molecular weight is 351 g/mol. The van der Waals surface area contributed by atoms with Crippen molar-refractivity contribution in [2.45, 2.75) is 6.92 Å². The molecule has 0 unspecified atom stereocenters. The fraction of sp³-hybridized carbons (Fsp3) is 0.200. The van der Waals surface area contributed by atoms with E-state index in [1.165, 1.54) is 11.8 Å². The topological polar surface area (TPSA) is 86.8 Å². The van der Waals surface area contributed by atoms with Gasteiger partial charge in [0.1, 0.15) is 6.07 Å². The number of aliphatic imine (C=N–C) groups is 1. The van der Waals surface area contributed by atoms with Crippen LogP contribution in [-0.2, 0) is 9.53 Å². The third kappa shape index (κ3) is 7.00. The lowest BCUT2D eigenvalue weighted by Crippen LogP contribution is -2.13. The third-order valence-electron chi connectivity index (χ3n) is 2.36. The summed E-state index contributed by atoms with van der Waals surface area (Å²) in [6.07, 6.45) is 4.53. The maximum atomic E-state index is 11.5. The first-order valence-corrected chi connectivity index (χ1v) is 8.14. The lowest BCUT2D eigenvalue weighted by atomic mass is 10.2. The number of halogens is 1. The van der Waals surface area contributed by atoms with Crippen LogP contribution in [0.15, 0.2) is 46.1 Å². The minimum absolute atomic E-state index is 0.179. The number of nitrogens with zero attached hydrogens (tertiary/aromatic N) is 3. The van der Waals surface area contributed by atoms with E-state index in [0.29, 0.717) is 10.2 Å². The first kappa shape index (κ1) is 18.7. The first-order valence-electron chi connectivity index (χ1n) is 6.54. The van der Waals surface area contributed by atoms with E-state index in [1.807, 2.05) is 12.1 Å². The van der Waals surface area contributed by atoms with Gasteiger partial charge in [0.05, 0.1) is 19.0 Å². The van der Waals surface area contributed by atoms with Gasteiger partial charge in [0, 0.05) is 5.02 Å². The smallest absolute Gasteiger partial charge is 0.350 e. The van der Waals surface area contributed by atoms with E-state index < -0.39 is 5.97 Å². The Hall–Kier alpha value is -2.30. The predicted molar refractivity (Wildman–Crippen MR) is 93.5 cm³/mol. The van der Waals surface area contributed by atoms with Gasteiger partial charge in [-0.25, -0.2) is 9.79 Å². The van der Waals surface area contributed by atoms with E-state index in [0.717, 1.165) is 11.8 Å². The van der Waals surface area contributed by atoms with Gasteiger partial charge in [-0.1, -0.05) is 35.5 Å². The van der Waals surface area contributed by atoms with Crippen molar-refractivity contribution in [2.75, 3.05) is 12.9 Å². The summed E-state index contributed by atoms with van der Waals surface area (Å²) >= 11 is 7.08. The van der Waals surface area contributed by atoms with Crippen LogP contribution in [-0.4, -0.2) is 30.2 Å². The highest BCUT2D eigenvalue weighted by Crippen LogP contribution is 2.07. The van der Waals surface area contributed by atoms with E-state index in [-0.39, 0.29) is 12.2 Å². The summed E-state index contributed by atoms with van der Waals surface area (Å²) in [6, 6.07) is 8.89. The molecule has 0 amide bonds. The number of rotatable bonds is 5. The number of thioether (sulfide) groups is 1. The van der Waals surface area contributed by atoms with E-state index in [1.54, 1.807) is 37.6 Å². The lowest BCUT2D eigenvalue weighted by molar-refractivity contribution is -0.138. The summed E-state index contributed by atoms with van der Waals surface area (Å²) in [6.45, 7) is 1.86. The number of benzene rings is 1. The van der Waals surface area contributed by atoms with Crippen LogP contribution < -0.4 is 5.43 Å². The van der Waals surface area contributed by atoms with Crippen LogP contribution in [0.5, 0.6) is 0 Å². The van der Waals surface area contributed by atoms with Crippen molar-refractivity contribution in [3.05, 3.63) is 46.6 Å². The van der Waals surface area contributed by atoms with Crippen LogP contribution in [0.3, 0.4) is 0 Å². The molecule has 0 saturated carbocycles. The Morgan fingerprint density at radius 3 is 2.74 bits per heavy atom. The number of nitriles is 1. The minimum atomic E-state index is -0.705. The molecule has 23 heavy (non-hydrogen) atoms. The fourth-order valence-corrected chi connectivity index (χ4v) is 1.73. The Bertz CT molecular complexity index is 663. The molecular formula is C15H15ClN4O2S. The number of carbonyl (C=O) groups excluding carboxylic acids is 1. The Morgan fingerprint density at radius 2 is 2.17 bits per heavy atom. The van der Waals surface area contributed by atoms with Gasteiger partial charge in [0.25, 0.3) is 0 Å². The maximum Gasteiger partial charge on any atom is 0.350 e. The van der Waals surface area contributed by atoms with Crippen LogP contribution in [0.4, 0.5) is 0 Å². The average Bonchev–Trinajstić information content (AvgIpc) is 2.55. The van der Waals surface area contributed by atoms with Crippen molar-refractivity contribution in [3.63, 3.8) is 0 Å². The summed E-state index contributed by atoms with van der Waals surface area (Å²) in [5, 5.41) is 14.0. The molecule has 0 bridgehead atoms.